The van der Waals surface area contributed by atoms with Crippen LogP contribution < -0.4 is 5.11 Å². The zero-order chi connectivity index (χ0) is 13.8. The van der Waals surface area contributed by atoms with E-state index in [1.165, 1.54) is 0 Å². The molecular weight excluding hydrogens is 228 g/mol. The van der Waals surface area contributed by atoms with E-state index < -0.39 is 11.6 Å². The lowest BCUT2D eigenvalue weighted by Gasteiger charge is -2.19. The molecule has 0 aromatic heterocycles. The molecule has 4 heteroatoms. The zero-order valence-corrected chi connectivity index (χ0v) is 11.4. The minimum Gasteiger partial charge on any atom is -0.456 e. The maximum Gasteiger partial charge on any atom is 0.338 e. The van der Waals surface area contributed by atoms with Gasteiger partial charge in [-0.25, -0.2) is 4.79 Å². The Bertz CT molecular complexity index is 448. The van der Waals surface area contributed by atoms with Crippen molar-refractivity contribution in [3.63, 3.8) is 0 Å². The van der Waals surface area contributed by atoms with Crippen LogP contribution >= 0.6 is 0 Å². The molecular formula is C14H19N2O2. The van der Waals surface area contributed by atoms with Gasteiger partial charge in [0.25, 0.3) is 5.69 Å². The molecule has 0 bridgehead atoms. The van der Waals surface area contributed by atoms with Crippen molar-refractivity contribution < 1.29 is 9.53 Å². The minimum atomic E-state index is -0.532. The van der Waals surface area contributed by atoms with Gasteiger partial charge in [-0.3, -0.25) is 0 Å². The average molecular weight is 247 g/mol. The van der Waals surface area contributed by atoms with E-state index in [2.05, 4.69) is 5.11 Å². The molecule has 0 fully saturated rings. The number of rotatable bonds is 4. The van der Waals surface area contributed by atoms with Gasteiger partial charge in [-0.15, -0.1) is 0 Å². The molecule has 0 N–H and O–H groups in total. The minimum absolute atomic E-state index is 0.401. The van der Waals surface area contributed by atoms with Gasteiger partial charge >= 0.3 is 5.97 Å². The van der Waals surface area contributed by atoms with Gasteiger partial charge in [0.2, 0.25) is 0 Å². The summed E-state index contributed by atoms with van der Waals surface area (Å²) in [5, 5.41) is 3.22. The van der Waals surface area contributed by atoms with E-state index in [0.29, 0.717) is 11.3 Å². The first-order valence-corrected chi connectivity index (χ1v) is 6.08. The van der Waals surface area contributed by atoms with Crippen molar-refractivity contribution in [2.24, 2.45) is 0 Å². The van der Waals surface area contributed by atoms with Crippen LogP contribution in [0.15, 0.2) is 18.2 Å². The second-order valence-corrected chi connectivity index (χ2v) is 5.20. The second kappa shape index (κ2) is 5.76. The van der Waals surface area contributed by atoms with Crippen molar-refractivity contribution in [2.75, 3.05) is 0 Å². The number of hydrogen-bond acceptors (Lipinski definition) is 3. The number of carbonyl (C=O) groups excluding carboxylic acids is 1. The van der Waals surface area contributed by atoms with E-state index in [0.717, 1.165) is 18.4 Å². The first-order chi connectivity index (χ1) is 8.37. The number of esters is 1. The molecule has 1 aromatic carbocycles. The fourth-order valence-electron chi connectivity index (χ4n) is 1.60. The lowest BCUT2D eigenvalue weighted by atomic mass is 10.0. The normalized spacial score (nSPS) is 11.1. The molecule has 1 aromatic rings. The van der Waals surface area contributed by atoms with E-state index in [1.807, 2.05) is 27.7 Å². The highest BCUT2D eigenvalue weighted by molar-refractivity contribution is 5.90. The Hall–Kier alpha value is -1.71. The Morgan fingerprint density at radius 1 is 1.39 bits per heavy atom. The zero-order valence-electron chi connectivity index (χ0n) is 11.4. The highest BCUT2D eigenvalue weighted by Crippen LogP contribution is 2.20. The van der Waals surface area contributed by atoms with Crippen molar-refractivity contribution in [1.82, 2.24) is 5.11 Å². The topological polar surface area (TPSA) is 62.7 Å². The molecule has 0 aliphatic heterocycles. The first-order valence-electron chi connectivity index (χ1n) is 6.08. The number of ether oxygens (including phenoxy) is 1. The Kier molecular flexibility index (Phi) is 4.59. The number of carbonyl (C=O) groups is 1. The van der Waals surface area contributed by atoms with Crippen LogP contribution in [0.3, 0.4) is 0 Å². The van der Waals surface area contributed by atoms with Crippen LogP contribution in [0.4, 0.5) is 5.69 Å². The molecule has 0 atom stereocenters. The fourth-order valence-corrected chi connectivity index (χ4v) is 1.60. The molecule has 18 heavy (non-hydrogen) atoms. The number of benzene rings is 1. The van der Waals surface area contributed by atoms with Crippen molar-refractivity contribution in [2.45, 2.75) is 46.1 Å². The fraction of sp³-hybridized carbons (Fsp3) is 0.500. The van der Waals surface area contributed by atoms with Gasteiger partial charge < -0.3 is 10.3 Å². The van der Waals surface area contributed by atoms with E-state index in [9.17, 15) is 4.79 Å². The maximum absolute atomic E-state index is 11.9. The van der Waals surface area contributed by atoms with Crippen LogP contribution in [0.25, 0.3) is 5.53 Å². The molecule has 0 saturated heterocycles. The van der Waals surface area contributed by atoms with Crippen LogP contribution in [-0.4, -0.2) is 11.6 Å². The third kappa shape index (κ3) is 3.95. The summed E-state index contributed by atoms with van der Waals surface area (Å²) < 4.78 is 5.26. The average Bonchev–Trinajstić information content (AvgIpc) is 2.27. The van der Waals surface area contributed by atoms with Crippen molar-refractivity contribution in [3.8, 4) is 0 Å². The number of hydrogen-bond donors (Lipinski definition) is 0. The van der Waals surface area contributed by atoms with Gasteiger partial charge in [0.15, 0.2) is 0 Å². The first kappa shape index (κ1) is 14.4. The molecule has 1 radical (unpaired) electrons. The molecule has 4 nitrogen and oxygen atoms in total. The monoisotopic (exact) mass is 247 g/mol. The summed E-state index contributed by atoms with van der Waals surface area (Å²) in [5.74, 6) is -0.407. The molecule has 0 aliphatic rings. The highest BCUT2D eigenvalue weighted by Gasteiger charge is 2.20. The molecule has 1 rings (SSSR count). The summed E-state index contributed by atoms with van der Waals surface area (Å²) in [6.07, 6.45) is 1.77. The summed E-state index contributed by atoms with van der Waals surface area (Å²) in [6, 6.07) is 5.06. The molecule has 97 valence electrons. The van der Waals surface area contributed by atoms with Gasteiger partial charge in [-0.2, -0.15) is 0 Å². The van der Waals surface area contributed by atoms with Gasteiger partial charge in [0.05, 0.1) is 5.56 Å². The number of nitrogens with zero attached hydrogens (tertiary/aromatic N) is 2. The smallest absolute Gasteiger partial charge is 0.338 e. The van der Waals surface area contributed by atoms with Crippen molar-refractivity contribution >= 4 is 11.7 Å². The van der Waals surface area contributed by atoms with E-state index >= 15 is 0 Å². The largest absolute Gasteiger partial charge is 0.456 e. The van der Waals surface area contributed by atoms with Crippen molar-refractivity contribution in [3.05, 3.63) is 34.9 Å². The maximum atomic E-state index is 11.9. The summed E-state index contributed by atoms with van der Waals surface area (Å²) in [6.45, 7) is 7.48. The molecule has 0 amide bonds. The summed E-state index contributed by atoms with van der Waals surface area (Å²) in [5.41, 5.74) is 10.2. The molecule has 0 aliphatic carbocycles. The van der Waals surface area contributed by atoms with Crippen LogP contribution in [0.2, 0.25) is 0 Å². The van der Waals surface area contributed by atoms with Gasteiger partial charge in [0, 0.05) is 11.6 Å². The molecule has 0 heterocycles. The lowest BCUT2D eigenvalue weighted by molar-refractivity contribution is 0.00695. The van der Waals surface area contributed by atoms with Crippen LogP contribution in [0.1, 0.15) is 50.0 Å². The Balaban J connectivity index is 2.98. The van der Waals surface area contributed by atoms with Gasteiger partial charge in [-0.05, 0) is 38.4 Å². The van der Waals surface area contributed by atoms with E-state index in [-0.39, 0.29) is 0 Å². The van der Waals surface area contributed by atoms with E-state index in [4.69, 9.17) is 10.3 Å². The Labute approximate surface area is 108 Å². The summed E-state index contributed by atoms with van der Waals surface area (Å²) in [7, 11) is 0. The summed E-state index contributed by atoms with van der Waals surface area (Å²) >= 11 is 0. The SMILES string of the molecule is CCCc1ccc(C(=O)OC(C)(C)C)cc1[N+]=[N-]. The third-order valence-corrected chi connectivity index (χ3v) is 2.35. The van der Waals surface area contributed by atoms with Gasteiger partial charge in [-0.1, -0.05) is 19.4 Å². The number of aryl methyl sites for hydroxylation is 1. The second-order valence-electron chi connectivity index (χ2n) is 5.20. The van der Waals surface area contributed by atoms with Crippen LogP contribution in [0.5, 0.6) is 0 Å². The quantitative estimate of drug-likeness (QED) is 0.603. The predicted molar refractivity (Wildman–Crippen MR) is 70.8 cm³/mol. The van der Waals surface area contributed by atoms with E-state index in [1.54, 1.807) is 18.2 Å². The Morgan fingerprint density at radius 3 is 2.56 bits per heavy atom. The van der Waals surface area contributed by atoms with Crippen molar-refractivity contribution in [1.29, 1.82) is 0 Å². The third-order valence-electron chi connectivity index (χ3n) is 2.35. The standard InChI is InChI=1S/C14H19N2O2/c1-5-6-10-7-8-11(9-12(10)16-15)13(17)18-14(2,3)4/h7-9H,5-6H2,1-4H3. The van der Waals surface area contributed by atoms with Crippen LogP contribution in [0, 0.1) is 0 Å². The highest BCUT2D eigenvalue weighted by atomic mass is 16.6. The Morgan fingerprint density at radius 2 is 2.06 bits per heavy atom. The molecule has 0 unspecified atom stereocenters. The lowest BCUT2D eigenvalue weighted by Crippen LogP contribution is -2.23. The van der Waals surface area contributed by atoms with Crippen LogP contribution in [-0.2, 0) is 11.2 Å². The molecule has 0 spiro atoms. The van der Waals surface area contributed by atoms with Gasteiger partial charge in [0.1, 0.15) is 5.60 Å². The summed E-state index contributed by atoms with van der Waals surface area (Å²) in [4.78, 5) is 11.9. The predicted octanol–water partition coefficient (Wildman–Crippen LogP) is 3.58. The molecule has 0 saturated carbocycles.